The molecule has 0 fully saturated rings. The van der Waals surface area contributed by atoms with Crippen LogP contribution in [0.25, 0.3) is 0 Å². The quantitative estimate of drug-likeness (QED) is 0.638. The molecule has 3 N–H and O–H groups in total. The lowest BCUT2D eigenvalue weighted by atomic mass is 9.99. The molecule has 2 rings (SSSR count). The Kier molecular flexibility index (Phi) is 4.07. The van der Waals surface area contributed by atoms with Gasteiger partial charge in [0.15, 0.2) is 0 Å². The molecule has 0 saturated carbocycles. The average molecular weight is 241 g/mol. The first-order valence-electron chi connectivity index (χ1n) is 6.13. The highest BCUT2D eigenvalue weighted by Gasteiger charge is 2.10. The van der Waals surface area contributed by atoms with Crippen LogP contribution >= 0.6 is 0 Å². The summed E-state index contributed by atoms with van der Waals surface area (Å²) in [4.78, 5) is 4.21. The highest BCUT2D eigenvalue weighted by molar-refractivity contribution is 5.26. The smallest absolute Gasteiger partial charge is 0.0501 e. The number of nitrogens with zero attached hydrogens (tertiary/aromatic N) is 1. The standard InChI is InChI=1S/C15H19N3/c1-11-4-3-5-13(8-11)10-15(18-16)14-6-7-17-12(2)9-14/h3-9,15,18H,10,16H2,1-2H3. The highest BCUT2D eigenvalue weighted by atomic mass is 15.2. The predicted octanol–water partition coefficient (Wildman–Crippen LogP) is 2.45. The summed E-state index contributed by atoms with van der Waals surface area (Å²) in [5, 5.41) is 0. The van der Waals surface area contributed by atoms with Crippen molar-refractivity contribution in [3.05, 3.63) is 65.0 Å². The molecule has 0 amide bonds. The number of benzene rings is 1. The van der Waals surface area contributed by atoms with E-state index in [4.69, 9.17) is 5.84 Å². The summed E-state index contributed by atoms with van der Waals surface area (Å²) in [6, 6.07) is 12.7. The van der Waals surface area contributed by atoms with Gasteiger partial charge in [0.05, 0.1) is 6.04 Å². The molecule has 1 unspecified atom stereocenters. The van der Waals surface area contributed by atoms with Crippen LogP contribution in [0.1, 0.15) is 28.4 Å². The molecular formula is C15H19N3. The fourth-order valence-electron chi connectivity index (χ4n) is 2.13. The van der Waals surface area contributed by atoms with Crippen molar-refractivity contribution < 1.29 is 0 Å². The summed E-state index contributed by atoms with van der Waals surface area (Å²) >= 11 is 0. The highest BCUT2D eigenvalue weighted by Crippen LogP contribution is 2.18. The number of rotatable bonds is 4. The lowest BCUT2D eigenvalue weighted by Gasteiger charge is -2.17. The van der Waals surface area contributed by atoms with Crippen LogP contribution in [0, 0.1) is 13.8 Å². The number of aromatic nitrogens is 1. The van der Waals surface area contributed by atoms with Crippen LogP contribution in [0.2, 0.25) is 0 Å². The molecule has 1 atom stereocenters. The van der Waals surface area contributed by atoms with Crippen molar-refractivity contribution in [2.24, 2.45) is 5.84 Å². The molecule has 94 valence electrons. The number of aryl methyl sites for hydroxylation is 2. The summed E-state index contributed by atoms with van der Waals surface area (Å²) in [6.45, 7) is 4.09. The van der Waals surface area contributed by atoms with Crippen LogP contribution in [0.15, 0.2) is 42.6 Å². The first-order valence-corrected chi connectivity index (χ1v) is 6.13. The van der Waals surface area contributed by atoms with E-state index in [1.807, 2.05) is 19.2 Å². The minimum absolute atomic E-state index is 0.119. The van der Waals surface area contributed by atoms with E-state index >= 15 is 0 Å². The molecule has 3 heteroatoms. The predicted molar refractivity (Wildman–Crippen MR) is 73.9 cm³/mol. The molecule has 1 aromatic carbocycles. The largest absolute Gasteiger partial charge is 0.271 e. The van der Waals surface area contributed by atoms with Crippen LogP contribution in [-0.2, 0) is 6.42 Å². The van der Waals surface area contributed by atoms with Gasteiger partial charge in [-0.1, -0.05) is 29.8 Å². The topological polar surface area (TPSA) is 50.9 Å². The Labute approximate surface area is 108 Å². The van der Waals surface area contributed by atoms with E-state index < -0.39 is 0 Å². The second kappa shape index (κ2) is 5.76. The molecule has 1 aromatic heterocycles. The molecule has 0 saturated heterocycles. The van der Waals surface area contributed by atoms with E-state index in [2.05, 4.69) is 47.7 Å². The Hall–Kier alpha value is -1.71. The lowest BCUT2D eigenvalue weighted by Crippen LogP contribution is -2.29. The minimum Gasteiger partial charge on any atom is -0.271 e. The van der Waals surface area contributed by atoms with E-state index in [1.165, 1.54) is 16.7 Å². The zero-order valence-electron chi connectivity index (χ0n) is 10.9. The first kappa shape index (κ1) is 12.7. The molecule has 0 aliphatic carbocycles. The van der Waals surface area contributed by atoms with Gasteiger partial charge in [-0.2, -0.15) is 0 Å². The summed E-state index contributed by atoms with van der Waals surface area (Å²) in [7, 11) is 0. The third kappa shape index (κ3) is 3.15. The maximum absolute atomic E-state index is 5.67. The maximum atomic E-state index is 5.67. The van der Waals surface area contributed by atoms with Gasteiger partial charge in [0.1, 0.15) is 0 Å². The molecule has 18 heavy (non-hydrogen) atoms. The van der Waals surface area contributed by atoms with Gasteiger partial charge in [-0.15, -0.1) is 0 Å². The summed E-state index contributed by atoms with van der Waals surface area (Å²) in [5.41, 5.74) is 7.63. The number of hydrogen-bond donors (Lipinski definition) is 2. The second-order valence-corrected chi connectivity index (χ2v) is 4.64. The molecule has 0 radical (unpaired) electrons. The lowest BCUT2D eigenvalue weighted by molar-refractivity contribution is 0.551. The summed E-state index contributed by atoms with van der Waals surface area (Å²) < 4.78 is 0. The van der Waals surface area contributed by atoms with Crippen molar-refractivity contribution >= 4 is 0 Å². The normalized spacial score (nSPS) is 12.4. The first-order chi connectivity index (χ1) is 8.69. The van der Waals surface area contributed by atoms with E-state index in [0.29, 0.717) is 0 Å². The van der Waals surface area contributed by atoms with Gasteiger partial charge in [-0.3, -0.25) is 16.3 Å². The third-order valence-electron chi connectivity index (χ3n) is 3.05. The maximum Gasteiger partial charge on any atom is 0.0501 e. The molecule has 0 spiro atoms. The van der Waals surface area contributed by atoms with Gasteiger partial charge in [0.2, 0.25) is 0 Å². The third-order valence-corrected chi connectivity index (χ3v) is 3.05. The average Bonchev–Trinajstić information content (AvgIpc) is 2.36. The van der Waals surface area contributed by atoms with Crippen LogP contribution < -0.4 is 11.3 Å². The van der Waals surface area contributed by atoms with Crippen molar-refractivity contribution in [1.82, 2.24) is 10.4 Å². The van der Waals surface area contributed by atoms with Crippen LogP contribution in [0.4, 0.5) is 0 Å². The van der Waals surface area contributed by atoms with Crippen molar-refractivity contribution in [3.8, 4) is 0 Å². The van der Waals surface area contributed by atoms with Crippen molar-refractivity contribution in [3.63, 3.8) is 0 Å². The van der Waals surface area contributed by atoms with Gasteiger partial charge in [0.25, 0.3) is 0 Å². The van der Waals surface area contributed by atoms with Crippen molar-refractivity contribution in [1.29, 1.82) is 0 Å². The van der Waals surface area contributed by atoms with E-state index in [9.17, 15) is 0 Å². The monoisotopic (exact) mass is 241 g/mol. The number of hydrogen-bond acceptors (Lipinski definition) is 3. The van der Waals surface area contributed by atoms with Gasteiger partial charge in [-0.25, -0.2) is 0 Å². The van der Waals surface area contributed by atoms with Crippen molar-refractivity contribution in [2.75, 3.05) is 0 Å². The van der Waals surface area contributed by atoms with Gasteiger partial charge in [-0.05, 0) is 43.5 Å². The summed E-state index contributed by atoms with van der Waals surface area (Å²) in [5.74, 6) is 5.67. The Bertz CT molecular complexity index is 523. The Morgan fingerprint density at radius 3 is 2.72 bits per heavy atom. The number of pyridine rings is 1. The fourth-order valence-corrected chi connectivity index (χ4v) is 2.13. The van der Waals surface area contributed by atoms with Gasteiger partial charge >= 0.3 is 0 Å². The Morgan fingerprint density at radius 1 is 1.22 bits per heavy atom. The van der Waals surface area contributed by atoms with E-state index in [-0.39, 0.29) is 6.04 Å². The number of nitrogens with two attached hydrogens (primary N) is 1. The van der Waals surface area contributed by atoms with Crippen molar-refractivity contribution in [2.45, 2.75) is 26.3 Å². The van der Waals surface area contributed by atoms with E-state index in [1.54, 1.807) is 0 Å². The van der Waals surface area contributed by atoms with Gasteiger partial charge < -0.3 is 0 Å². The second-order valence-electron chi connectivity index (χ2n) is 4.64. The molecular weight excluding hydrogens is 222 g/mol. The molecule has 3 nitrogen and oxygen atoms in total. The number of hydrazine groups is 1. The zero-order chi connectivity index (χ0) is 13.0. The molecule has 0 bridgehead atoms. The molecule has 2 aromatic rings. The van der Waals surface area contributed by atoms with Gasteiger partial charge in [0, 0.05) is 11.9 Å². The number of nitrogens with one attached hydrogen (secondary N) is 1. The molecule has 1 heterocycles. The van der Waals surface area contributed by atoms with Crippen LogP contribution in [-0.4, -0.2) is 4.98 Å². The molecule has 0 aliphatic heterocycles. The SMILES string of the molecule is Cc1cccc(CC(NN)c2ccnc(C)c2)c1. The van der Waals surface area contributed by atoms with E-state index in [0.717, 1.165) is 12.1 Å². The minimum atomic E-state index is 0.119. The molecule has 0 aliphatic rings. The fraction of sp³-hybridized carbons (Fsp3) is 0.267. The Balaban J connectivity index is 2.19. The summed E-state index contributed by atoms with van der Waals surface area (Å²) in [6.07, 6.45) is 2.70. The zero-order valence-corrected chi connectivity index (χ0v) is 10.9. The van der Waals surface area contributed by atoms with Crippen LogP contribution in [0.3, 0.4) is 0 Å². The Morgan fingerprint density at radius 2 is 2.06 bits per heavy atom. The van der Waals surface area contributed by atoms with Crippen LogP contribution in [0.5, 0.6) is 0 Å².